The normalized spacial score (nSPS) is 13.1. The number of methoxy groups -OCH3 is 1. The van der Waals surface area contributed by atoms with Gasteiger partial charge in [-0.2, -0.15) is 4.31 Å². The van der Waals surface area contributed by atoms with Crippen LogP contribution in [-0.2, 0) is 26.2 Å². The van der Waals surface area contributed by atoms with Crippen LogP contribution in [0.4, 0.5) is 0 Å². The van der Waals surface area contributed by atoms with Crippen molar-refractivity contribution in [2.75, 3.05) is 27.7 Å². The Balaban J connectivity index is 2.45. The highest BCUT2D eigenvalue weighted by atomic mass is 32.2. The molecule has 2 aromatic carbocycles. The average molecular weight is 506 g/mol. The zero-order valence-corrected chi connectivity index (χ0v) is 22.5. The van der Waals surface area contributed by atoms with Crippen LogP contribution in [0.25, 0.3) is 0 Å². The second kappa shape index (κ2) is 13.0. The molecule has 2 rings (SSSR count). The number of sulfonamides is 1. The van der Waals surface area contributed by atoms with Crippen molar-refractivity contribution >= 4 is 15.9 Å². The van der Waals surface area contributed by atoms with Crippen molar-refractivity contribution in [3.8, 4) is 5.75 Å². The summed E-state index contributed by atoms with van der Waals surface area (Å²) in [4.78, 5) is 21.0. The Hall–Kier alpha value is -2.46. The quantitative estimate of drug-likeness (QED) is 0.329. The standard InChI is InChI=1S/C26H39N3O5S/c1-26(2,3)34-27-25(30)24(14-10-11-19-28(4)5)29(20-21-12-8-7-9-13-21)35(31,32)23-17-15-22(33-6)16-18-23/h7-9,12-13,15-18,24H,10-11,14,19-20H2,1-6H3,(H,27,30)/t24-/m1/s1. The number of hydroxylamine groups is 1. The first kappa shape index (κ1) is 28.8. The lowest BCUT2D eigenvalue weighted by Crippen LogP contribution is -2.50. The Morgan fingerprint density at radius 3 is 2.17 bits per heavy atom. The number of ether oxygens (including phenoxy) is 1. The molecule has 1 amide bonds. The Morgan fingerprint density at radius 1 is 1.00 bits per heavy atom. The maximum atomic E-state index is 13.9. The topological polar surface area (TPSA) is 88.2 Å². The predicted octanol–water partition coefficient (Wildman–Crippen LogP) is 3.83. The van der Waals surface area contributed by atoms with Crippen molar-refractivity contribution in [2.45, 2.75) is 63.1 Å². The van der Waals surface area contributed by atoms with Crippen LogP contribution in [0.15, 0.2) is 59.5 Å². The first-order valence-corrected chi connectivity index (χ1v) is 13.2. The number of nitrogens with zero attached hydrogens (tertiary/aromatic N) is 2. The van der Waals surface area contributed by atoms with Gasteiger partial charge in [-0.05, 0) is 84.1 Å². The Labute approximate surface area is 210 Å². The highest BCUT2D eigenvalue weighted by molar-refractivity contribution is 7.89. The molecule has 1 atom stereocenters. The lowest BCUT2D eigenvalue weighted by molar-refractivity contribution is -0.149. The molecule has 0 aliphatic carbocycles. The van der Waals surface area contributed by atoms with Crippen molar-refractivity contribution in [3.05, 3.63) is 60.2 Å². The van der Waals surface area contributed by atoms with Crippen LogP contribution in [0.2, 0.25) is 0 Å². The zero-order chi connectivity index (χ0) is 26.1. The molecule has 0 saturated carbocycles. The van der Waals surface area contributed by atoms with Gasteiger partial charge in [0.05, 0.1) is 17.6 Å². The van der Waals surface area contributed by atoms with E-state index in [0.29, 0.717) is 18.6 Å². The van der Waals surface area contributed by atoms with E-state index in [1.54, 1.807) is 12.1 Å². The van der Waals surface area contributed by atoms with E-state index in [4.69, 9.17) is 9.57 Å². The summed E-state index contributed by atoms with van der Waals surface area (Å²) in [5.74, 6) is 0.0629. The van der Waals surface area contributed by atoms with Gasteiger partial charge in [0.15, 0.2) is 0 Å². The molecule has 0 aromatic heterocycles. The van der Waals surface area contributed by atoms with Crippen LogP contribution in [0, 0.1) is 0 Å². The van der Waals surface area contributed by atoms with Crippen LogP contribution in [0.3, 0.4) is 0 Å². The minimum Gasteiger partial charge on any atom is -0.497 e. The lowest BCUT2D eigenvalue weighted by atomic mass is 10.1. The molecule has 0 saturated heterocycles. The summed E-state index contributed by atoms with van der Waals surface area (Å²) in [7, 11) is 1.46. The monoisotopic (exact) mass is 505 g/mol. The SMILES string of the molecule is COc1ccc(S(=O)(=O)N(Cc2ccccc2)[C@H](CCCCN(C)C)C(=O)NOC(C)(C)C)cc1. The molecule has 0 bridgehead atoms. The third kappa shape index (κ3) is 9.25. The van der Waals surface area contributed by atoms with Gasteiger partial charge in [0, 0.05) is 6.54 Å². The molecule has 2 aromatic rings. The van der Waals surface area contributed by atoms with Gasteiger partial charge in [-0.3, -0.25) is 9.63 Å². The van der Waals surface area contributed by atoms with E-state index in [1.165, 1.54) is 23.5 Å². The molecule has 0 heterocycles. The summed E-state index contributed by atoms with van der Waals surface area (Å²) in [5, 5.41) is 0. The van der Waals surface area contributed by atoms with Crippen molar-refractivity contribution in [3.63, 3.8) is 0 Å². The van der Waals surface area contributed by atoms with Gasteiger partial charge in [-0.25, -0.2) is 13.9 Å². The number of carbonyl (C=O) groups is 1. The fourth-order valence-electron chi connectivity index (χ4n) is 3.45. The summed E-state index contributed by atoms with van der Waals surface area (Å²) < 4.78 is 34.2. The number of carbonyl (C=O) groups excluding carboxylic acids is 1. The molecule has 1 N–H and O–H groups in total. The Morgan fingerprint density at radius 2 is 1.63 bits per heavy atom. The molecule has 0 fully saturated rings. The van der Waals surface area contributed by atoms with E-state index in [9.17, 15) is 13.2 Å². The van der Waals surface area contributed by atoms with E-state index >= 15 is 0 Å². The first-order valence-electron chi connectivity index (χ1n) is 11.8. The summed E-state index contributed by atoms with van der Waals surface area (Å²) in [6.07, 6.45) is 1.86. The summed E-state index contributed by atoms with van der Waals surface area (Å²) in [5.41, 5.74) is 2.67. The zero-order valence-electron chi connectivity index (χ0n) is 21.7. The fourth-order valence-corrected chi connectivity index (χ4v) is 5.06. The summed E-state index contributed by atoms with van der Waals surface area (Å²) in [6, 6.07) is 14.5. The van der Waals surface area contributed by atoms with Crippen molar-refractivity contribution in [2.24, 2.45) is 0 Å². The smallest absolute Gasteiger partial charge is 0.262 e. The number of amides is 1. The number of benzene rings is 2. The highest BCUT2D eigenvalue weighted by Gasteiger charge is 2.36. The van der Waals surface area contributed by atoms with Crippen LogP contribution in [-0.4, -0.2) is 62.9 Å². The van der Waals surface area contributed by atoms with E-state index in [-0.39, 0.29) is 11.4 Å². The van der Waals surface area contributed by atoms with Gasteiger partial charge >= 0.3 is 0 Å². The molecule has 0 unspecified atom stereocenters. The van der Waals surface area contributed by atoms with Crippen LogP contribution in [0.5, 0.6) is 5.75 Å². The Bertz CT molecular complexity index is 1020. The van der Waals surface area contributed by atoms with Gasteiger partial charge in [0.2, 0.25) is 10.0 Å². The predicted molar refractivity (Wildman–Crippen MR) is 137 cm³/mol. The third-order valence-corrected chi connectivity index (χ3v) is 7.16. The largest absolute Gasteiger partial charge is 0.497 e. The minimum atomic E-state index is -4.02. The average Bonchev–Trinajstić information content (AvgIpc) is 2.81. The molecule has 0 aliphatic rings. The first-order chi connectivity index (χ1) is 16.4. The van der Waals surface area contributed by atoms with Gasteiger partial charge < -0.3 is 9.64 Å². The molecule has 35 heavy (non-hydrogen) atoms. The maximum absolute atomic E-state index is 13.9. The second-order valence-corrected chi connectivity index (χ2v) is 11.6. The molecule has 194 valence electrons. The van der Waals surface area contributed by atoms with E-state index in [1.807, 2.05) is 65.2 Å². The van der Waals surface area contributed by atoms with Crippen LogP contribution < -0.4 is 10.2 Å². The Kier molecular flexibility index (Phi) is 10.7. The summed E-state index contributed by atoms with van der Waals surface area (Å²) >= 11 is 0. The van der Waals surface area contributed by atoms with E-state index < -0.39 is 27.6 Å². The number of unbranched alkanes of at least 4 members (excludes halogenated alkanes) is 1. The van der Waals surface area contributed by atoms with Crippen molar-refractivity contribution in [1.29, 1.82) is 0 Å². The molecule has 8 nitrogen and oxygen atoms in total. The van der Waals surface area contributed by atoms with E-state index in [0.717, 1.165) is 18.5 Å². The van der Waals surface area contributed by atoms with Gasteiger partial charge in [-0.1, -0.05) is 36.8 Å². The maximum Gasteiger partial charge on any atom is 0.262 e. The van der Waals surface area contributed by atoms with Crippen LogP contribution >= 0.6 is 0 Å². The van der Waals surface area contributed by atoms with Gasteiger partial charge in [-0.15, -0.1) is 0 Å². The molecular weight excluding hydrogens is 466 g/mol. The molecule has 0 radical (unpaired) electrons. The van der Waals surface area contributed by atoms with Gasteiger partial charge in [0.25, 0.3) is 5.91 Å². The third-order valence-electron chi connectivity index (χ3n) is 5.29. The molecule has 0 aliphatic heterocycles. The number of hydrogen-bond donors (Lipinski definition) is 1. The fraction of sp³-hybridized carbons (Fsp3) is 0.500. The molecular formula is C26H39N3O5S. The molecule has 9 heteroatoms. The minimum absolute atomic E-state index is 0.0521. The van der Waals surface area contributed by atoms with Crippen molar-refractivity contribution < 1.29 is 22.8 Å². The van der Waals surface area contributed by atoms with Crippen molar-refractivity contribution in [1.82, 2.24) is 14.7 Å². The number of rotatable bonds is 13. The molecule has 0 spiro atoms. The number of nitrogens with one attached hydrogen (secondary N) is 1. The van der Waals surface area contributed by atoms with Gasteiger partial charge in [0.1, 0.15) is 11.8 Å². The highest BCUT2D eigenvalue weighted by Crippen LogP contribution is 2.26. The second-order valence-electron chi connectivity index (χ2n) is 9.71. The summed E-state index contributed by atoms with van der Waals surface area (Å²) in [6.45, 7) is 6.34. The number of hydrogen-bond acceptors (Lipinski definition) is 6. The van der Waals surface area contributed by atoms with Crippen LogP contribution in [0.1, 0.15) is 45.6 Å². The van der Waals surface area contributed by atoms with E-state index in [2.05, 4.69) is 10.4 Å². The lowest BCUT2D eigenvalue weighted by Gasteiger charge is -2.31.